The Kier molecular flexibility index (Phi) is 4.79. The molecule has 1 aromatic heterocycles. The van der Waals surface area contributed by atoms with Crippen LogP contribution in [0.1, 0.15) is 26.2 Å². The van der Waals surface area contributed by atoms with Gasteiger partial charge in [0.25, 0.3) is 5.56 Å². The van der Waals surface area contributed by atoms with E-state index in [4.69, 9.17) is 4.74 Å². The zero-order valence-electron chi connectivity index (χ0n) is 11.6. The number of hydrogen-bond acceptors (Lipinski definition) is 5. The molecule has 1 aromatic rings. The van der Waals surface area contributed by atoms with Crippen LogP contribution in [0.4, 0.5) is 5.82 Å². The summed E-state index contributed by atoms with van der Waals surface area (Å²) in [5, 5.41) is 3.25. The fourth-order valence-electron chi connectivity index (χ4n) is 2.49. The van der Waals surface area contributed by atoms with Crippen LogP contribution in [-0.4, -0.2) is 47.7 Å². The number of likely N-dealkylation sites (tertiary alicyclic amines) is 1. The number of nitrogens with one attached hydrogen (secondary N) is 2. The summed E-state index contributed by atoms with van der Waals surface area (Å²) in [5.41, 5.74) is -0.259. The minimum Gasteiger partial charge on any atom is -0.489 e. The summed E-state index contributed by atoms with van der Waals surface area (Å²) in [6, 6.07) is 0.223. The summed E-state index contributed by atoms with van der Waals surface area (Å²) < 4.78 is 5.08. The highest BCUT2D eigenvalue weighted by molar-refractivity contribution is 5.48. The van der Waals surface area contributed by atoms with Crippen molar-refractivity contribution < 1.29 is 4.74 Å². The summed E-state index contributed by atoms with van der Waals surface area (Å²) >= 11 is 0. The second-order valence-electron chi connectivity index (χ2n) is 5.02. The molecule has 6 nitrogen and oxygen atoms in total. The molecule has 0 aliphatic carbocycles. The van der Waals surface area contributed by atoms with Gasteiger partial charge in [0.05, 0.1) is 13.4 Å². The van der Waals surface area contributed by atoms with Gasteiger partial charge in [-0.25, -0.2) is 4.98 Å². The number of piperidine rings is 1. The number of methoxy groups -OCH3 is 1. The quantitative estimate of drug-likeness (QED) is 0.834. The third-order valence-electron chi connectivity index (χ3n) is 3.38. The van der Waals surface area contributed by atoms with Crippen LogP contribution in [0.2, 0.25) is 0 Å². The molecule has 0 amide bonds. The second-order valence-corrected chi connectivity index (χ2v) is 5.02. The molecule has 0 bridgehead atoms. The van der Waals surface area contributed by atoms with Crippen molar-refractivity contribution in [1.82, 2.24) is 14.9 Å². The lowest BCUT2D eigenvalue weighted by Crippen LogP contribution is -2.38. The fourth-order valence-corrected chi connectivity index (χ4v) is 2.49. The summed E-state index contributed by atoms with van der Waals surface area (Å²) in [5.74, 6) is 0.753. The van der Waals surface area contributed by atoms with Crippen molar-refractivity contribution in [3.63, 3.8) is 0 Å². The number of aromatic amines is 1. The normalized spacial score (nSPS) is 18.0. The van der Waals surface area contributed by atoms with E-state index in [-0.39, 0.29) is 17.4 Å². The maximum Gasteiger partial charge on any atom is 0.295 e. The predicted molar refractivity (Wildman–Crippen MR) is 74.8 cm³/mol. The van der Waals surface area contributed by atoms with Crippen molar-refractivity contribution in [2.24, 2.45) is 0 Å². The lowest BCUT2D eigenvalue weighted by molar-refractivity contribution is 0.223. The first-order chi connectivity index (χ1) is 9.20. The Morgan fingerprint density at radius 2 is 2.21 bits per heavy atom. The largest absolute Gasteiger partial charge is 0.489 e. The third-order valence-corrected chi connectivity index (χ3v) is 3.38. The van der Waals surface area contributed by atoms with Gasteiger partial charge < -0.3 is 19.9 Å². The maximum absolute atomic E-state index is 11.6. The molecular weight excluding hydrogens is 244 g/mol. The van der Waals surface area contributed by atoms with Crippen molar-refractivity contribution in [1.29, 1.82) is 0 Å². The summed E-state index contributed by atoms with van der Waals surface area (Å²) in [7, 11) is 1.48. The van der Waals surface area contributed by atoms with E-state index in [0.717, 1.165) is 19.6 Å². The Balaban J connectivity index is 1.96. The molecule has 1 fully saturated rings. The highest BCUT2D eigenvalue weighted by Gasteiger charge is 2.16. The molecule has 0 aromatic carbocycles. The van der Waals surface area contributed by atoms with Crippen molar-refractivity contribution in [3.8, 4) is 5.75 Å². The Morgan fingerprint density at radius 3 is 2.89 bits per heavy atom. The van der Waals surface area contributed by atoms with Crippen LogP contribution in [0.5, 0.6) is 5.75 Å². The smallest absolute Gasteiger partial charge is 0.295 e. The number of rotatable bonds is 5. The van der Waals surface area contributed by atoms with Gasteiger partial charge in [-0.05, 0) is 32.9 Å². The first kappa shape index (κ1) is 13.9. The van der Waals surface area contributed by atoms with E-state index in [1.165, 1.54) is 32.7 Å². The van der Waals surface area contributed by atoms with Crippen LogP contribution in [-0.2, 0) is 0 Å². The summed E-state index contributed by atoms with van der Waals surface area (Å²) in [6.07, 6.45) is 5.28. The molecule has 2 N–H and O–H groups in total. The molecule has 2 heterocycles. The van der Waals surface area contributed by atoms with Crippen LogP contribution in [0.25, 0.3) is 0 Å². The monoisotopic (exact) mass is 266 g/mol. The van der Waals surface area contributed by atoms with Crippen molar-refractivity contribution in [2.45, 2.75) is 32.2 Å². The molecule has 0 radical (unpaired) electrons. The van der Waals surface area contributed by atoms with E-state index in [9.17, 15) is 4.79 Å². The predicted octanol–water partition coefficient (Wildman–Crippen LogP) is 1.06. The molecule has 106 valence electrons. The Bertz CT molecular complexity index is 454. The minimum atomic E-state index is -0.259. The average Bonchev–Trinajstić information content (AvgIpc) is 2.40. The molecule has 0 spiro atoms. The number of ether oxygens (including phenoxy) is 1. The Morgan fingerprint density at radius 1 is 1.47 bits per heavy atom. The highest BCUT2D eigenvalue weighted by Crippen LogP contribution is 2.16. The molecular formula is C13H22N4O2. The first-order valence-electron chi connectivity index (χ1n) is 6.81. The average molecular weight is 266 g/mol. The van der Waals surface area contributed by atoms with Gasteiger partial charge in [0, 0.05) is 12.6 Å². The number of aromatic nitrogens is 2. The zero-order chi connectivity index (χ0) is 13.7. The summed E-state index contributed by atoms with van der Waals surface area (Å²) in [4.78, 5) is 20.7. The minimum absolute atomic E-state index is 0.223. The zero-order valence-corrected chi connectivity index (χ0v) is 11.6. The second kappa shape index (κ2) is 6.56. The first-order valence-corrected chi connectivity index (χ1v) is 6.81. The molecule has 2 rings (SSSR count). The highest BCUT2D eigenvalue weighted by atomic mass is 16.5. The Hall–Kier alpha value is -1.56. The topological polar surface area (TPSA) is 70.2 Å². The van der Waals surface area contributed by atoms with Gasteiger partial charge in [0.1, 0.15) is 0 Å². The molecule has 1 atom stereocenters. The van der Waals surface area contributed by atoms with E-state index in [1.54, 1.807) is 0 Å². The fraction of sp³-hybridized carbons (Fsp3) is 0.692. The van der Waals surface area contributed by atoms with E-state index >= 15 is 0 Å². The van der Waals surface area contributed by atoms with E-state index in [0.29, 0.717) is 5.82 Å². The van der Waals surface area contributed by atoms with Crippen molar-refractivity contribution in [3.05, 3.63) is 16.7 Å². The van der Waals surface area contributed by atoms with Crippen LogP contribution in [0.3, 0.4) is 0 Å². The number of nitrogens with zero attached hydrogens (tertiary/aromatic N) is 2. The van der Waals surface area contributed by atoms with Gasteiger partial charge in [-0.1, -0.05) is 6.42 Å². The number of H-pyrrole nitrogens is 1. The SMILES string of the molecule is COc1c(NC(C)CN2CCCCC2)nc[nH]c1=O. The number of hydrogen-bond donors (Lipinski definition) is 2. The van der Waals surface area contributed by atoms with E-state index in [2.05, 4.69) is 27.1 Å². The maximum atomic E-state index is 11.6. The van der Waals surface area contributed by atoms with Crippen molar-refractivity contribution in [2.75, 3.05) is 32.1 Å². The molecule has 19 heavy (non-hydrogen) atoms. The summed E-state index contributed by atoms with van der Waals surface area (Å²) in [6.45, 7) is 5.37. The van der Waals surface area contributed by atoms with Crippen LogP contribution >= 0.6 is 0 Å². The van der Waals surface area contributed by atoms with E-state index < -0.39 is 0 Å². The van der Waals surface area contributed by atoms with Crippen LogP contribution in [0.15, 0.2) is 11.1 Å². The molecule has 1 saturated heterocycles. The lowest BCUT2D eigenvalue weighted by atomic mass is 10.1. The van der Waals surface area contributed by atoms with Gasteiger partial charge in [0.15, 0.2) is 5.82 Å². The van der Waals surface area contributed by atoms with Gasteiger partial charge in [-0.3, -0.25) is 4.79 Å². The molecule has 6 heteroatoms. The molecule has 1 unspecified atom stereocenters. The molecule has 1 aliphatic rings. The molecule has 1 aliphatic heterocycles. The van der Waals surface area contributed by atoms with Gasteiger partial charge >= 0.3 is 0 Å². The van der Waals surface area contributed by atoms with Gasteiger partial charge in [-0.2, -0.15) is 0 Å². The van der Waals surface area contributed by atoms with E-state index in [1.807, 2.05) is 0 Å². The lowest BCUT2D eigenvalue weighted by Gasteiger charge is -2.29. The Labute approximate surface area is 113 Å². The third kappa shape index (κ3) is 3.70. The molecule has 0 saturated carbocycles. The van der Waals surface area contributed by atoms with Crippen LogP contribution in [0, 0.1) is 0 Å². The van der Waals surface area contributed by atoms with Gasteiger partial charge in [0.2, 0.25) is 5.75 Å². The standard InChI is InChI=1S/C13H22N4O2/c1-10(8-17-6-4-3-5-7-17)16-12-11(19-2)13(18)15-9-14-12/h9-10H,3-8H2,1-2H3,(H2,14,15,16,18). The number of anilines is 1. The van der Waals surface area contributed by atoms with Gasteiger partial charge in [-0.15, -0.1) is 0 Å². The van der Waals surface area contributed by atoms with Crippen LogP contribution < -0.4 is 15.6 Å². The van der Waals surface area contributed by atoms with Crippen molar-refractivity contribution >= 4 is 5.82 Å².